The number of likely N-dealkylation sites (tertiary alicyclic amines) is 1. The van der Waals surface area contributed by atoms with E-state index in [-0.39, 0.29) is 17.5 Å². The van der Waals surface area contributed by atoms with Crippen molar-refractivity contribution in [3.63, 3.8) is 0 Å². The Bertz CT molecular complexity index is 649. The first-order valence-corrected chi connectivity index (χ1v) is 8.52. The number of piperidine rings is 1. The fourth-order valence-corrected chi connectivity index (χ4v) is 3.11. The van der Waals surface area contributed by atoms with Crippen molar-refractivity contribution < 1.29 is 4.79 Å². The zero-order valence-corrected chi connectivity index (χ0v) is 14.6. The van der Waals surface area contributed by atoms with Gasteiger partial charge in [-0.25, -0.2) is 4.99 Å². The highest BCUT2D eigenvalue weighted by molar-refractivity contribution is 6.01. The lowest BCUT2D eigenvalue weighted by Gasteiger charge is -2.41. The molecule has 0 spiro atoms. The fraction of sp³-hybridized carbons (Fsp3) is 0.556. The number of nitrogens with one attached hydrogen (secondary N) is 1. The molecule has 1 amide bonds. The van der Waals surface area contributed by atoms with Crippen LogP contribution in [0.5, 0.6) is 0 Å². The number of rotatable bonds is 3. The van der Waals surface area contributed by atoms with Crippen LogP contribution in [0, 0.1) is 0 Å². The summed E-state index contributed by atoms with van der Waals surface area (Å²) in [5.41, 5.74) is 1.77. The van der Waals surface area contributed by atoms with Gasteiger partial charge in [-0.2, -0.15) is 5.11 Å². The normalized spacial score (nSPS) is 19.4. The standard InChI is InChI=1S/C18H25N5O/c1-18(2,3)23-10-8-15(9-11-23)21-17(24)14-6-4-13(5-7-14)16-19-12-20-22-16/h4-7,15H,8-12H2,1-3H3,(H,21,24). The van der Waals surface area contributed by atoms with Crippen LogP contribution >= 0.6 is 0 Å². The lowest BCUT2D eigenvalue weighted by atomic mass is 9.98. The Morgan fingerprint density at radius 1 is 1.17 bits per heavy atom. The van der Waals surface area contributed by atoms with Crippen molar-refractivity contribution in [2.45, 2.75) is 45.2 Å². The molecule has 2 aliphatic heterocycles. The van der Waals surface area contributed by atoms with E-state index in [0.29, 0.717) is 18.1 Å². The van der Waals surface area contributed by atoms with Gasteiger partial charge in [0, 0.05) is 35.8 Å². The first-order valence-electron chi connectivity index (χ1n) is 8.52. The molecule has 3 rings (SSSR count). The minimum absolute atomic E-state index is 0.00857. The third-order valence-corrected chi connectivity index (χ3v) is 4.63. The molecule has 0 unspecified atom stereocenters. The van der Waals surface area contributed by atoms with Crippen molar-refractivity contribution in [1.29, 1.82) is 0 Å². The number of amidine groups is 1. The number of hydrogen-bond donors (Lipinski definition) is 1. The van der Waals surface area contributed by atoms with Crippen LogP contribution in [0.25, 0.3) is 0 Å². The Balaban J connectivity index is 1.55. The minimum atomic E-state index is -0.00857. The van der Waals surface area contributed by atoms with Gasteiger partial charge in [0.25, 0.3) is 5.91 Å². The van der Waals surface area contributed by atoms with Gasteiger partial charge in [0.2, 0.25) is 0 Å². The van der Waals surface area contributed by atoms with Gasteiger partial charge in [0.15, 0.2) is 12.5 Å². The van der Waals surface area contributed by atoms with Gasteiger partial charge in [-0.15, -0.1) is 5.11 Å². The van der Waals surface area contributed by atoms with Gasteiger partial charge in [0.1, 0.15) is 0 Å². The van der Waals surface area contributed by atoms with Crippen LogP contribution in [0.4, 0.5) is 0 Å². The first kappa shape index (κ1) is 16.8. The number of benzene rings is 1. The van der Waals surface area contributed by atoms with Gasteiger partial charge in [-0.1, -0.05) is 12.1 Å². The van der Waals surface area contributed by atoms with Gasteiger partial charge in [-0.3, -0.25) is 9.69 Å². The van der Waals surface area contributed by atoms with E-state index in [1.54, 1.807) is 0 Å². The number of nitrogens with zero attached hydrogens (tertiary/aromatic N) is 4. The molecule has 1 saturated heterocycles. The van der Waals surface area contributed by atoms with E-state index in [0.717, 1.165) is 31.5 Å². The fourth-order valence-electron chi connectivity index (χ4n) is 3.11. The smallest absolute Gasteiger partial charge is 0.251 e. The van der Waals surface area contributed by atoms with Crippen molar-refractivity contribution in [3.8, 4) is 0 Å². The van der Waals surface area contributed by atoms with E-state index < -0.39 is 0 Å². The van der Waals surface area contributed by atoms with E-state index >= 15 is 0 Å². The summed E-state index contributed by atoms with van der Waals surface area (Å²) in [6.45, 7) is 9.16. The molecule has 0 bridgehead atoms. The van der Waals surface area contributed by atoms with E-state index in [1.807, 2.05) is 24.3 Å². The minimum Gasteiger partial charge on any atom is -0.349 e. The topological polar surface area (TPSA) is 69.4 Å². The number of carbonyl (C=O) groups is 1. The highest BCUT2D eigenvalue weighted by Gasteiger charge is 2.27. The monoisotopic (exact) mass is 327 g/mol. The molecule has 1 aromatic carbocycles. The van der Waals surface area contributed by atoms with Crippen LogP contribution in [0.1, 0.15) is 49.5 Å². The molecule has 0 aliphatic carbocycles. The van der Waals surface area contributed by atoms with Crippen LogP contribution in [-0.2, 0) is 0 Å². The van der Waals surface area contributed by atoms with Crippen LogP contribution in [0.2, 0.25) is 0 Å². The van der Waals surface area contributed by atoms with Gasteiger partial charge < -0.3 is 5.32 Å². The van der Waals surface area contributed by atoms with Crippen molar-refractivity contribution in [2.75, 3.05) is 19.8 Å². The Morgan fingerprint density at radius 2 is 1.83 bits per heavy atom. The number of carbonyl (C=O) groups excluding carboxylic acids is 1. The molecule has 1 N–H and O–H groups in total. The number of amides is 1. The third kappa shape index (κ3) is 3.87. The average Bonchev–Trinajstić information content (AvgIpc) is 3.09. The summed E-state index contributed by atoms with van der Waals surface area (Å²) in [5, 5.41) is 11.0. The molecule has 6 heteroatoms. The van der Waals surface area contributed by atoms with Crippen LogP contribution in [0.15, 0.2) is 39.5 Å². The predicted molar refractivity (Wildman–Crippen MR) is 94.5 cm³/mol. The van der Waals surface area contributed by atoms with Crippen molar-refractivity contribution in [3.05, 3.63) is 35.4 Å². The quantitative estimate of drug-likeness (QED) is 0.927. The molecular weight excluding hydrogens is 302 g/mol. The Labute approximate surface area is 143 Å². The number of hydrogen-bond acceptors (Lipinski definition) is 5. The summed E-state index contributed by atoms with van der Waals surface area (Å²) in [4.78, 5) is 19.1. The summed E-state index contributed by atoms with van der Waals surface area (Å²) in [7, 11) is 0. The second-order valence-electron chi connectivity index (χ2n) is 7.35. The van der Waals surface area contributed by atoms with Crippen molar-refractivity contribution in [1.82, 2.24) is 10.2 Å². The van der Waals surface area contributed by atoms with E-state index in [2.05, 4.69) is 46.2 Å². The maximum absolute atomic E-state index is 12.4. The Morgan fingerprint density at radius 3 is 2.38 bits per heavy atom. The van der Waals surface area contributed by atoms with E-state index in [4.69, 9.17) is 0 Å². The molecular formula is C18H25N5O. The Hall–Kier alpha value is -2.08. The molecule has 0 saturated carbocycles. The zero-order chi connectivity index (χ0) is 17.2. The van der Waals surface area contributed by atoms with Crippen molar-refractivity contribution in [2.24, 2.45) is 15.2 Å². The lowest BCUT2D eigenvalue weighted by molar-refractivity contribution is 0.0812. The van der Waals surface area contributed by atoms with E-state index in [1.165, 1.54) is 0 Å². The molecule has 2 aliphatic rings. The van der Waals surface area contributed by atoms with Crippen LogP contribution in [-0.4, -0.2) is 48.0 Å². The SMILES string of the molecule is CC(C)(C)N1CCC(NC(=O)c2ccc(C3=NCN=N3)cc2)CC1. The summed E-state index contributed by atoms with van der Waals surface area (Å²) < 4.78 is 0. The summed E-state index contributed by atoms with van der Waals surface area (Å²) in [6.07, 6.45) is 2.00. The van der Waals surface area contributed by atoms with E-state index in [9.17, 15) is 4.79 Å². The molecule has 0 aromatic heterocycles. The first-order chi connectivity index (χ1) is 11.4. The summed E-state index contributed by atoms with van der Waals surface area (Å²) in [6, 6.07) is 7.65. The lowest BCUT2D eigenvalue weighted by Crippen LogP contribution is -2.50. The Kier molecular flexibility index (Phi) is 4.76. The van der Waals surface area contributed by atoms with Gasteiger partial charge >= 0.3 is 0 Å². The average molecular weight is 327 g/mol. The molecule has 6 nitrogen and oxygen atoms in total. The van der Waals surface area contributed by atoms with Crippen molar-refractivity contribution >= 4 is 11.7 Å². The molecule has 24 heavy (non-hydrogen) atoms. The highest BCUT2D eigenvalue weighted by Crippen LogP contribution is 2.20. The molecule has 0 radical (unpaired) electrons. The molecule has 128 valence electrons. The maximum atomic E-state index is 12.4. The molecule has 0 atom stereocenters. The zero-order valence-electron chi connectivity index (χ0n) is 14.6. The highest BCUT2D eigenvalue weighted by atomic mass is 16.1. The predicted octanol–water partition coefficient (Wildman–Crippen LogP) is 2.85. The third-order valence-electron chi connectivity index (χ3n) is 4.63. The van der Waals surface area contributed by atoms with Crippen LogP contribution in [0.3, 0.4) is 0 Å². The summed E-state index contributed by atoms with van der Waals surface area (Å²) in [5.74, 6) is 0.627. The second kappa shape index (κ2) is 6.81. The van der Waals surface area contributed by atoms with Gasteiger partial charge in [0.05, 0.1) is 0 Å². The number of aliphatic imine (C=N–C) groups is 1. The largest absolute Gasteiger partial charge is 0.349 e. The number of azo groups is 1. The maximum Gasteiger partial charge on any atom is 0.251 e. The molecule has 1 fully saturated rings. The van der Waals surface area contributed by atoms with Gasteiger partial charge in [-0.05, 0) is 45.7 Å². The second-order valence-corrected chi connectivity index (χ2v) is 7.35. The summed E-state index contributed by atoms with van der Waals surface area (Å²) >= 11 is 0. The molecule has 1 aromatic rings. The molecule has 2 heterocycles. The van der Waals surface area contributed by atoms with Crippen LogP contribution < -0.4 is 5.32 Å².